The first-order chi connectivity index (χ1) is 12.9. The fourth-order valence-corrected chi connectivity index (χ4v) is 4.87. The van der Waals surface area contributed by atoms with Gasteiger partial charge in [0, 0.05) is 29.3 Å². The standard InChI is InChI=1S/C15H14N6O4S2/c1-25-12-4-5-16-14(17-12)19-18-13(22)9-2-3-10-11(8-9)26-15-20-27(23,24)7-6-21(10)15/h2-5,8H,6-7H2,1H3,(H,18,22)(H,16,17,19). The van der Waals surface area contributed by atoms with Crippen LogP contribution in [0.4, 0.5) is 11.6 Å². The Morgan fingerprint density at radius 2 is 2.19 bits per heavy atom. The number of carbonyl (C=O) groups excluding carboxylic acids is 1. The molecule has 0 fully saturated rings. The molecule has 3 heterocycles. The van der Waals surface area contributed by atoms with E-state index in [2.05, 4.69) is 25.2 Å². The Labute approximate surface area is 159 Å². The molecule has 10 nitrogen and oxygen atoms in total. The second-order valence-electron chi connectivity index (χ2n) is 5.60. The van der Waals surface area contributed by atoms with Crippen LogP contribution in [0.5, 0.6) is 5.88 Å². The monoisotopic (exact) mass is 406 g/mol. The van der Waals surface area contributed by atoms with E-state index in [4.69, 9.17) is 4.74 Å². The van der Waals surface area contributed by atoms with Crippen LogP contribution in [-0.4, -0.2) is 48.9 Å². The van der Waals surface area contributed by atoms with Gasteiger partial charge in [-0.05, 0) is 30.0 Å². The van der Waals surface area contributed by atoms with E-state index in [9.17, 15) is 13.2 Å². The van der Waals surface area contributed by atoms with Gasteiger partial charge in [-0.25, -0.2) is 13.4 Å². The van der Waals surface area contributed by atoms with E-state index in [1.165, 1.54) is 25.1 Å². The maximum atomic E-state index is 12.4. The smallest absolute Gasteiger partial charge is 0.269 e. The third kappa shape index (κ3) is 3.53. The average Bonchev–Trinajstić information content (AvgIpc) is 3.01. The highest BCUT2D eigenvalue weighted by atomic mass is 32.2. The molecule has 1 aromatic heterocycles. The summed E-state index contributed by atoms with van der Waals surface area (Å²) in [6.07, 6.45) is 1.50. The lowest BCUT2D eigenvalue weighted by Gasteiger charge is -2.22. The van der Waals surface area contributed by atoms with Gasteiger partial charge in [0.05, 0.1) is 18.6 Å². The van der Waals surface area contributed by atoms with Crippen molar-refractivity contribution in [3.05, 3.63) is 36.0 Å². The molecule has 0 saturated heterocycles. The Kier molecular flexibility index (Phi) is 4.36. The molecule has 140 valence electrons. The lowest BCUT2D eigenvalue weighted by molar-refractivity contribution is 0.0962. The van der Waals surface area contributed by atoms with Crippen LogP contribution in [-0.2, 0) is 10.0 Å². The molecule has 0 aliphatic carbocycles. The summed E-state index contributed by atoms with van der Waals surface area (Å²) in [5.41, 5.74) is 6.38. The highest BCUT2D eigenvalue weighted by molar-refractivity contribution is 8.15. The summed E-state index contributed by atoms with van der Waals surface area (Å²) in [6, 6.07) is 6.72. The molecule has 1 aromatic carbocycles. The summed E-state index contributed by atoms with van der Waals surface area (Å²) in [5, 5.41) is 0.414. The number of nitrogens with zero attached hydrogens (tertiary/aromatic N) is 4. The number of amidine groups is 1. The van der Waals surface area contributed by atoms with Crippen molar-refractivity contribution in [3.63, 3.8) is 0 Å². The van der Waals surface area contributed by atoms with Gasteiger partial charge in [-0.15, -0.1) is 4.40 Å². The van der Waals surface area contributed by atoms with E-state index in [0.717, 1.165) is 10.6 Å². The molecule has 0 spiro atoms. The number of hydrogen-bond acceptors (Lipinski definition) is 9. The number of thioether (sulfide) groups is 1. The molecule has 2 aliphatic heterocycles. The second-order valence-corrected chi connectivity index (χ2v) is 8.36. The number of anilines is 2. The zero-order valence-electron chi connectivity index (χ0n) is 14.0. The van der Waals surface area contributed by atoms with Gasteiger partial charge >= 0.3 is 0 Å². The Morgan fingerprint density at radius 3 is 3.00 bits per heavy atom. The van der Waals surface area contributed by atoms with E-state index in [1.54, 1.807) is 24.3 Å². The van der Waals surface area contributed by atoms with E-state index in [-0.39, 0.29) is 17.6 Å². The molecule has 27 heavy (non-hydrogen) atoms. The number of ether oxygens (including phenoxy) is 1. The van der Waals surface area contributed by atoms with Gasteiger partial charge in [0.15, 0.2) is 5.17 Å². The number of hydrogen-bond donors (Lipinski definition) is 2. The minimum absolute atomic E-state index is 0.0246. The van der Waals surface area contributed by atoms with Crippen LogP contribution in [0.15, 0.2) is 39.8 Å². The largest absolute Gasteiger partial charge is 0.481 e. The molecule has 2 aliphatic rings. The van der Waals surface area contributed by atoms with Crippen LogP contribution >= 0.6 is 11.8 Å². The van der Waals surface area contributed by atoms with Gasteiger partial charge in [0.25, 0.3) is 15.9 Å². The molecule has 0 atom stereocenters. The lowest BCUT2D eigenvalue weighted by atomic mass is 10.2. The topological polar surface area (TPSA) is 126 Å². The molecule has 0 radical (unpaired) electrons. The maximum absolute atomic E-state index is 12.4. The maximum Gasteiger partial charge on any atom is 0.269 e. The number of aromatic nitrogens is 2. The fraction of sp³-hybridized carbons (Fsp3) is 0.200. The predicted molar refractivity (Wildman–Crippen MR) is 101 cm³/mol. The van der Waals surface area contributed by atoms with Crippen molar-refractivity contribution in [1.29, 1.82) is 0 Å². The molecule has 1 amide bonds. The van der Waals surface area contributed by atoms with Crippen LogP contribution in [0.2, 0.25) is 0 Å². The van der Waals surface area contributed by atoms with Crippen LogP contribution in [0.1, 0.15) is 10.4 Å². The molecule has 2 aromatic rings. The Bertz CT molecular complexity index is 1060. The highest BCUT2D eigenvalue weighted by Gasteiger charge is 2.33. The van der Waals surface area contributed by atoms with Crippen LogP contribution in [0.3, 0.4) is 0 Å². The van der Waals surface area contributed by atoms with Gasteiger partial charge in [-0.2, -0.15) is 4.98 Å². The van der Waals surface area contributed by atoms with Crippen molar-refractivity contribution in [2.45, 2.75) is 4.90 Å². The number of methoxy groups -OCH3 is 1. The third-order valence-corrected chi connectivity index (χ3v) is 6.17. The van der Waals surface area contributed by atoms with Crippen molar-refractivity contribution < 1.29 is 17.9 Å². The third-order valence-electron chi connectivity index (χ3n) is 3.86. The zero-order chi connectivity index (χ0) is 19.0. The lowest BCUT2D eigenvalue weighted by Crippen LogP contribution is -2.35. The Balaban J connectivity index is 1.49. The van der Waals surface area contributed by atoms with Gasteiger partial charge in [-0.3, -0.25) is 15.6 Å². The SMILES string of the molecule is COc1ccnc(NNC(=O)c2ccc3c(c2)SC2=NS(=O)(=O)CCN23)n1. The van der Waals surface area contributed by atoms with E-state index < -0.39 is 10.0 Å². The summed E-state index contributed by atoms with van der Waals surface area (Å²) in [7, 11) is -1.93. The Morgan fingerprint density at radius 1 is 1.33 bits per heavy atom. The summed E-state index contributed by atoms with van der Waals surface area (Å²) < 4.78 is 32.1. The first kappa shape index (κ1) is 17.5. The van der Waals surface area contributed by atoms with Crippen molar-refractivity contribution >= 4 is 44.5 Å². The number of nitrogens with one attached hydrogen (secondary N) is 2. The molecule has 4 rings (SSSR count). The highest BCUT2D eigenvalue weighted by Crippen LogP contribution is 2.42. The normalized spacial score (nSPS) is 16.8. The summed E-state index contributed by atoms with van der Waals surface area (Å²) >= 11 is 1.23. The number of amides is 1. The van der Waals surface area contributed by atoms with Gasteiger partial charge in [0.2, 0.25) is 11.8 Å². The number of rotatable bonds is 4. The molecule has 0 bridgehead atoms. The molecule has 12 heteroatoms. The average molecular weight is 406 g/mol. The molecule has 0 saturated carbocycles. The molecule has 2 N–H and O–H groups in total. The summed E-state index contributed by atoms with van der Waals surface area (Å²) in [4.78, 5) is 23.0. The van der Waals surface area contributed by atoms with Crippen molar-refractivity contribution in [2.24, 2.45) is 4.40 Å². The van der Waals surface area contributed by atoms with Gasteiger partial charge in [0.1, 0.15) is 0 Å². The first-order valence-electron chi connectivity index (χ1n) is 7.81. The quantitative estimate of drug-likeness (QED) is 0.711. The number of fused-ring (bicyclic) bond motifs is 3. The fourth-order valence-electron chi connectivity index (χ4n) is 2.57. The summed E-state index contributed by atoms with van der Waals surface area (Å²) in [6.45, 7) is 0.349. The second kappa shape index (κ2) is 6.70. The van der Waals surface area contributed by atoms with Gasteiger partial charge in [-0.1, -0.05) is 0 Å². The zero-order valence-corrected chi connectivity index (χ0v) is 15.7. The molecular formula is C15H14N6O4S2. The predicted octanol–water partition coefficient (Wildman–Crippen LogP) is 0.854. The number of carbonyl (C=O) groups is 1. The van der Waals surface area contributed by atoms with Crippen LogP contribution < -0.4 is 20.5 Å². The minimum Gasteiger partial charge on any atom is -0.481 e. The number of hydrazine groups is 1. The van der Waals surface area contributed by atoms with Crippen molar-refractivity contribution in [1.82, 2.24) is 15.4 Å². The van der Waals surface area contributed by atoms with E-state index in [1.807, 2.05) is 4.90 Å². The van der Waals surface area contributed by atoms with Gasteiger partial charge < -0.3 is 9.64 Å². The van der Waals surface area contributed by atoms with Crippen LogP contribution in [0, 0.1) is 0 Å². The Hall–Kier alpha value is -2.86. The molecular weight excluding hydrogens is 392 g/mol. The number of benzene rings is 1. The number of sulfonamides is 1. The minimum atomic E-state index is -3.41. The first-order valence-corrected chi connectivity index (χ1v) is 10.2. The summed E-state index contributed by atoms with van der Waals surface area (Å²) in [5.74, 6) is 0.144. The van der Waals surface area contributed by atoms with Crippen LogP contribution in [0.25, 0.3) is 0 Å². The molecule has 0 unspecified atom stereocenters. The van der Waals surface area contributed by atoms with E-state index in [0.29, 0.717) is 23.2 Å². The van der Waals surface area contributed by atoms with E-state index >= 15 is 0 Å². The van der Waals surface area contributed by atoms with Crippen molar-refractivity contribution in [3.8, 4) is 5.88 Å². The van der Waals surface area contributed by atoms with Crippen molar-refractivity contribution in [2.75, 3.05) is 29.7 Å².